The lowest BCUT2D eigenvalue weighted by Gasteiger charge is -2.73. The van der Waals surface area contributed by atoms with Crippen LogP contribution in [0.5, 0.6) is 0 Å². The number of fused-ring (bicyclic) bond motifs is 9. The molecule has 9 aliphatic heterocycles. The molecule has 21 rings (SSSR count). The number of nitrogens with zero attached hydrogens (tertiary/aromatic N) is 2. The Bertz CT molecular complexity index is 3350. The highest BCUT2D eigenvalue weighted by Crippen LogP contribution is 2.89. The van der Waals surface area contributed by atoms with Crippen LogP contribution >= 0.6 is 0 Å². The first-order valence-electron chi connectivity index (χ1n) is 34.9. The van der Waals surface area contributed by atoms with Crippen LogP contribution in [0.4, 0.5) is 0 Å². The molecular formula is C75H89N3O5. The average molecular weight is 1110 g/mol. The maximum atomic E-state index is 17.2. The number of aryl methyl sites for hydroxylation is 1. The largest absolute Gasteiger partial charge is 0.509 e. The molecule has 0 amide bonds. The fourth-order valence-electron chi connectivity index (χ4n) is 28.5. The monoisotopic (exact) mass is 1110 g/mol. The van der Waals surface area contributed by atoms with Gasteiger partial charge < -0.3 is 25.2 Å². The summed E-state index contributed by atoms with van der Waals surface area (Å²) < 4.78 is 15.1. The zero-order valence-corrected chi connectivity index (χ0v) is 49.3. The summed E-state index contributed by atoms with van der Waals surface area (Å²) in [7, 11) is 0. The molecule has 9 heterocycles. The number of carbonyl (C=O) groups is 2. The van der Waals surface area contributed by atoms with Gasteiger partial charge in [-0.05, 0) is 209 Å². The van der Waals surface area contributed by atoms with Crippen LogP contribution in [-0.2, 0) is 26.3 Å². The van der Waals surface area contributed by atoms with E-state index in [4.69, 9.17) is 15.2 Å². The Labute approximate surface area is 493 Å². The van der Waals surface area contributed by atoms with Crippen molar-refractivity contribution in [1.29, 1.82) is 0 Å². The third-order valence-corrected chi connectivity index (χ3v) is 30.5. The van der Waals surface area contributed by atoms with Crippen LogP contribution in [0.1, 0.15) is 195 Å². The summed E-state index contributed by atoms with van der Waals surface area (Å²) in [5.41, 5.74) is 12.7. The van der Waals surface area contributed by atoms with Gasteiger partial charge in [0.1, 0.15) is 11.2 Å². The van der Waals surface area contributed by atoms with E-state index in [9.17, 15) is 5.11 Å². The maximum Gasteiger partial charge on any atom is 0.339 e. The van der Waals surface area contributed by atoms with Gasteiger partial charge in [0, 0.05) is 78.4 Å². The third-order valence-electron chi connectivity index (χ3n) is 30.5. The number of aliphatic hydroxyl groups is 1. The molecule has 3 saturated heterocycles. The number of carbonyl (C=O) groups excluding carboxylic acids is 2. The molecule has 8 nitrogen and oxygen atoms in total. The molecule has 6 spiro atoms. The smallest absolute Gasteiger partial charge is 0.339 e. The van der Waals surface area contributed by atoms with Crippen molar-refractivity contribution in [2.24, 2.45) is 110 Å². The van der Waals surface area contributed by atoms with Crippen molar-refractivity contribution < 1.29 is 24.2 Å². The molecule has 8 heteroatoms. The Morgan fingerprint density at radius 2 is 1.69 bits per heavy atom. The van der Waals surface area contributed by atoms with E-state index < -0.39 is 16.4 Å². The van der Waals surface area contributed by atoms with E-state index in [0.717, 1.165) is 49.8 Å². The third kappa shape index (κ3) is 5.57. The molecule has 434 valence electrons. The number of hydrogen-bond acceptors (Lipinski definition) is 8. The number of piperidine rings is 2. The number of aliphatic hydroxyl groups excluding tert-OH is 1. The van der Waals surface area contributed by atoms with E-state index in [1.165, 1.54) is 134 Å². The van der Waals surface area contributed by atoms with Crippen molar-refractivity contribution in [3.8, 4) is 11.8 Å². The van der Waals surface area contributed by atoms with Gasteiger partial charge in [0.2, 0.25) is 0 Å². The van der Waals surface area contributed by atoms with Crippen LogP contribution in [-0.4, -0.2) is 64.1 Å². The van der Waals surface area contributed by atoms with E-state index >= 15 is 9.59 Å². The first-order chi connectivity index (χ1) is 40.7. The van der Waals surface area contributed by atoms with E-state index in [1.807, 2.05) is 0 Å². The molecule has 9 fully saturated rings. The summed E-state index contributed by atoms with van der Waals surface area (Å²) in [6.45, 7) is 1.59. The van der Waals surface area contributed by atoms with Crippen molar-refractivity contribution in [2.75, 3.05) is 13.1 Å². The van der Waals surface area contributed by atoms with Crippen LogP contribution in [0.3, 0.4) is 0 Å². The highest BCUT2D eigenvalue weighted by atomic mass is 16.6. The number of esters is 2. The minimum Gasteiger partial charge on any atom is -0.509 e. The summed E-state index contributed by atoms with van der Waals surface area (Å²) in [6, 6.07) is 7.63. The predicted octanol–water partition coefficient (Wildman–Crippen LogP) is 13.9. The van der Waals surface area contributed by atoms with Gasteiger partial charge in [0.25, 0.3) is 0 Å². The second-order valence-corrected chi connectivity index (χ2v) is 32.2. The van der Waals surface area contributed by atoms with Crippen molar-refractivity contribution in [2.45, 2.75) is 210 Å². The topological polar surface area (TPSA) is 105 Å². The molecule has 0 radical (unpaired) electrons. The zero-order valence-electron chi connectivity index (χ0n) is 49.3. The second-order valence-electron chi connectivity index (χ2n) is 32.2. The number of allylic oxidation sites excluding steroid dienone is 7. The highest BCUT2D eigenvalue weighted by Gasteiger charge is 2.94. The predicted molar refractivity (Wildman–Crippen MR) is 317 cm³/mol. The normalized spacial score (nSPS) is 51.0. The van der Waals surface area contributed by atoms with Gasteiger partial charge in [-0.25, -0.2) is 4.79 Å². The van der Waals surface area contributed by atoms with Crippen LogP contribution in [0.25, 0.3) is 0 Å². The minimum absolute atomic E-state index is 0.0227. The van der Waals surface area contributed by atoms with Gasteiger partial charge in [-0.2, -0.15) is 0 Å². The van der Waals surface area contributed by atoms with Gasteiger partial charge >= 0.3 is 11.9 Å². The Kier molecular flexibility index (Phi) is 10.1. The lowest BCUT2D eigenvalue weighted by molar-refractivity contribution is -0.283. The molecule has 12 bridgehead atoms. The van der Waals surface area contributed by atoms with Crippen LogP contribution in [0.2, 0.25) is 0 Å². The number of rotatable bonds is 4. The Hall–Kier alpha value is -4.32. The van der Waals surface area contributed by atoms with Gasteiger partial charge in [-0.15, -0.1) is 5.92 Å². The van der Waals surface area contributed by atoms with E-state index in [-0.39, 0.29) is 64.4 Å². The fourth-order valence-corrected chi connectivity index (χ4v) is 28.5. The fraction of sp³-hybridized carbons (Fsp3) is 0.707. The number of hydrogen-bond donors (Lipinski definition) is 2. The van der Waals surface area contributed by atoms with Crippen LogP contribution in [0.15, 0.2) is 88.6 Å². The molecule has 21 atom stereocenters. The molecule has 3 N–H and O–H groups in total. The van der Waals surface area contributed by atoms with Gasteiger partial charge in [-0.1, -0.05) is 111 Å². The first-order valence-corrected chi connectivity index (χ1v) is 34.9. The van der Waals surface area contributed by atoms with Gasteiger partial charge in [-0.3, -0.25) is 9.69 Å². The molecule has 6 saturated carbocycles. The summed E-state index contributed by atoms with van der Waals surface area (Å²) >= 11 is 0. The van der Waals surface area contributed by atoms with E-state index in [1.54, 1.807) is 16.8 Å². The first kappa shape index (κ1) is 49.8. The average Bonchev–Trinajstić information content (AvgIpc) is 1.55. The quantitative estimate of drug-likeness (QED) is 0.175. The number of nitrogens with two attached hydrogens (primary N) is 1. The summed E-state index contributed by atoms with van der Waals surface area (Å²) in [5, 5.41) is 14.5. The lowest BCUT2D eigenvalue weighted by Crippen LogP contribution is -2.78. The molecular weight excluding hydrogens is 1020 g/mol. The molecule has 0 unspecified atom stereocenters. The van der Waals surface area contributed by atoms with Crippen molar-refractivity contribution in [1.82, 2.24) is 9.80 Å². The molecule has 83 heavy (non-hydrogen) atoms. The SMILES string of the molecule is NCCCc1cccc2c1C(=O)O[C@@]21[C@H]2C[C@H](C3CCCCC3)/C=C\[C@@H]3C4=C5CC[C@]16/C(=C(/O)C[C@H]1[C@@H]7CC8(CCCC8)[C@@]8(CCC[C@@]89CCC[C@H]9C#CC[C@H]8[C@H]9C[C@@H](CN18)[C@@H]1C[C@@H]8C=C[C@H]9N1C1=C8C[C@@H]8CC=C[C@@H]3[C@H]8[C@H]51)C7)OC(=O)[C@]426. The van der Waals surface area contributed by atoms with Crippen LogP contribution < -0.4 is 5.73 Å². The number of ether oxygens (including phenoxy) is 2. The summed E-state index contributed by atoms with van der Waals surface area (Å²) in [4.78, 5) is 39.0. The highest BCUT2D eigenvalue weighted by molar-refractivity contribution is 6.00. The Morgan fingerprint density at radius 3 is 2.58 bits per heavy atom. The zero-order chi connectivity index (χ0) is 54.7. The molecule has 1 aromatic rings. The standard InChI is InChI=1S/C75H89N3O5/c76-33-10-16-43-14-7-20-55-63(43)68(80)83-75(55)61-37-44(42-12-2-1-3-13-42)22-24-51-50-19-6-15-46-34-53-45-23-25-57-54-35-47-41-77-56(54)21-8-17-49-18-9-29-71(49)30-11-31-72(71)40-48(39-70(72)27-4-5-28-70)58(77)38-60(79)67-73(75)32-26-52(65(51)74(61,73)69(81)82-67)64(62(46)50)66(53)78(57)59(47)36-45/h6-7,14,19-20,22-25,42,44-51,54,56-59,61-62,64,79H,1-5,9-13,15-16,18,21,26-41,76H2/b24-22-,67-60-/t44-,45+,46+,47+,48-,49-,50+,51+,54-,56+,57-,58+,59+,61+,62+,64+,71-,72-,73-,74-,75-/m1/s1. The van der Waals surface area contributed by atoms with Crippen molar-refractivity contribution in [3.63, 3.8) is 0 Å². The second kappa shape index (κ2) is 16.8. The maximum absolute atomic E-state index is 17.2. The van der Waals surface area contributed by atoms with Crippen LogP contribution in [0, 0.1) is 116 Å². The summed E-state index contributed by atoms with van der Waals surface area (Å²) in [6.07, 6.45) is 47.9. The molecule has 20 aliphatic rings. The summed E-state index contributed by atoms with van der Waals surface area (Å²) in [5.74, 6) is 13.0. The van der Waals surface area contributed by atoms with Gasteiger partial charge in [0.05, 0.1) is 17.0 Å². The molecule has 1 aromatic carbocycles. The van der Waals surface area contributed by atoms with E-state index in [0.29, 0.717) is 108 Å². The van der Waals surface area contributed by atoms with Crippen molar-refractivity contribution in [3.05, 3.63) is 105 Å². The molecule has 0 aromatic heterocycles. The Balaban J connectivity index is 0.882. The Morgan fingerprint density at radius 1 is 0.795 bits per heavy atom. The van der Waals surface area contributed by atoms with Crippen molar-refractivity contribution >= 4 is 11.9 Å². The van der Waals surface area contributed by atoms with E-state index in [2.05, 4.69) is 76.3 Å². The minimum atomic E-state index is -1.19. The lowest BCUT2D eigenvalue weighted by atomic mass is 9.27. The van der Waals surface area contributed by atoms with Gasteiger partial charge in [0.15, 0.2) is 11.4 Å². The number of benzene rings is 1. The molecule has 11 aliphatic carbocycles.